The second-order valence-electron chi connectivity index (χ2n) is 7.07. The Morgan fingerprint density at radius 2 is 1.79 bits per heavy atom. The van der Waals surface area contributed by atoms with Gasteiger partial charge in [0.15, 0.2) is 5.43 Å². The maximum Gasteiger partial charge on any atom is 0.310 e. The molecule has 0 radical (unpaired) electrons. The van der Waals surface area contributed by atoms with E-state index in [1.54, 1.807) is 6.07 Å². The summed E-state index contributed by atoms with van der Waals surface area (Å²) in [7, 11) is 0. The molecule has 0 fully saturated rings. The maximum atomic E-state index is 12.7. The van der Waals surface area contributed by atoms with Crippen LogP contribution in [0.1, 0.15) is 25.0 Å². The van der Waals surface area contributed by atoms with Crippen LogP contribution in [0.4, 0.5) is 0 Å². The lowest BCUT2D eigenvalue weighted by molar-refractivity contribution is -0.143. The van der Waals surface area contributed by atoms with Crippen molar-refractivity contribution in [1.29, 1.82) is 0 Å². The van der Waals surface area contributed by atoms with E-state index in [2.05, 4.69) is 18.7 Å². The topological polar surface area (TPSA) is 59.8 Å². The van der Waals surface area contributed by atoms with Crippen LogP contribution >= 0.6 is 0 Å². The molecule has 1 aromatic heterocycles. The van der Waals surface area contributed by atoms with Crippen molar-refractivity contribution in [2.24, 2.45) is 0 Å². The molecule has 3 rings (SSSR count). The average Bonchev–Trinajstić information content (AvgIpc) is 2.72. The van der Waals surface area contributed by atoms with E-state index in [-0.39, 0.29) is 17.8 Å². The third-order valence-electron chi connectivity index (χ3n) is 5.01. The van der Waals surface area contributed by atoms with Crippen molar-refractivity contribution < 1.29 is 13.9 Å². The first-order valence-electron chi connectivity index (χ1n) is 10.0. The molecular formula is C24H27NO4. The summed E-state index contributed by atoms with van der Waals surface area (Å²) in [5, 5.41) is 0.482. The largest absolute Gasteiger partial charge is 0.464 e. The number of ether oxygens (including phenoxy) is 1. The molecule has 0 N–H and O–H groups in total. The van der Waals surface area contributed by atoms with Gasteiger partial charge in [0.25, 0.3) is 0 Å². The van der Waals surface area contributed by atoms with Gasteiger partial charge < -0.3 is 14.1 Å². The van der Waals surface area contributed by atoms with Crippen LogP contribution in [0.2, 0.25) is 0 Å². The number of nitrogens with zero attached hydrogens (tertiary/aromatic N) is 1. The summed E-state index contributed by atoms with van der Waals surface area (Å²) in [6, 6.07) is 14.6. The molecule has 3 aromatic rings. The fourth-order valence-corrected chi connectivity index (χ4v) is 3.40. The molecule has 1 heterocycles. The van der Waals surface area contributed by atoms with E-state index >= 15 is 0 Å². The van der Waals surface area contributed by atoms with Crippen LogP contribution < -0.4 is 5.43 Å². The zero-order chi connectivity index (χ0) is 20.8. The maximum absolute atomic E-state index is 12.7. The van der Waals surface area contributed by atoms with Gasteiger partial charge in [-0.3, -0.25) is 9.59 Å². The van der Waals surface area contributed by atoms with Crippen molar-refractivity contribution in [1.82, 2.24) is 4.90 Å². The molecule has 0 aliphatic carbocycles. The van der Waals surface area contributed by atoms with Gasteiger partial charge in [-0.2, -0.15) is 0 Å². The second-order valence-corrected chi connectivity index (χ2v) is 7.07. The van der Waals surface area contributed by atoms with E-state index in [1.165, 1.54) is 6.07 Å². The van der Waals surface area contributed by atoms with Gasteiger partial charge in [0.1, 0.15) is 18.0 Å². The Balaban J connectivity index is 1.88. The lowest BCUT2D eigenvalue weighted by Crippen LogP contribution is -2.28. The Morgan fingerprint density at radius 1 is 1.07 bits per heavy atom. The molecule has 0 amide bonds. The molecule has 0 bridgehead atoms. The predicted molar refractivity (Wildman–Crippen MR) is 115 cm³/mol. The number of benzene rings is 2. The van der Waals surface area contributed by atoms with E-state index in [4.69, 9.17) is 9.15 Å². The number of carbonyl (C=O) groups is 1. The fraction of sp³-hybridized carbons (Fsp3) is 0.333. The van der Waals surface area contributed by atoms with Crippen molar-refractivity contribution in [3.05, 3.63) is 69.9 Å². The van der Waals surface area contributed by atoms with E-state index in [9.17, 15) is 9.59 Å². The Bertz CT molecular complexity index is 1040. The van der Waals surface area contributed by atoms with Crippen LogP contribution in [-0.4, -0.2) is 37.1 Å². The first kappa shape index (κ1) is 20.8. The zero-order valence-electron chi connectivity index (χ0n) is 17.2. The summed E-state index contributed by atoms with van der Waals surface area (Å²) < 4.78 is 11.5. The van der Waals surface area contributed by atoms with Crippen molar-refractivity contribution in [3.8, 4) is 11.3 Å². The standard InChI is InChI=1S/C24H27NO4/c1-4-25(5-2)11-12-28-23(27)15-19-13-17(3)14-20-21(26)16-22(29-24(19)20)18-9-7-6-8-10-18/h6-10,13-14,16H,4-5,11-12,15H2,1-3H3. The third kappa shape index (κ3) is 5.12. The van der Waals surface area contributed by atoms with E-state index in [1.807, 2.05) is 43.3 Å². The smallest absolute Gasteiger partial charge is 0.310 e. The molecule has 0 aliphatic rings. The van der Waals surface area contributed by atoms with E-state index in [0.717, 1.165) is 24.2 Å². The Kier molecular flexibility index (Phi) is 6.83. The Labute approximate surface area is 170 Å². The van der Waals surface area contributed by atoms with Gasteiger partial charge >= 0.3 is 5.97 Å². The Hall–Kier alpha value is -2.92. The van der Waals surface area contributed by atoms with Crippen molar-refractivity contribution in [2.75, 3.05) is 26.2 Å². The van der Waals surface area contributed by atoms with Gasteiger partial charge in [0, 0.05) is 23.7 Å². The summed E-state index contributed by atoms with van der Waals surface area (Å²) >= 11 is 0. The normalized spacial score (nSPS) is 11.2. The SMILES string of the molecule is CCN(CC)CCOC(=O)Cc1cc(C)cc2c(=O)cc(-c3ccccc3)oc12. The lowest BCUT2D eigenvalue weighted by Gasteiger charge is -2.17. The number of aryl methyl sites for hydroxylation is 1. The number of likely N-dealkylation sites (N-methyl/N-ethyl adjacent to an activating group) is 1. The summed E-state index contributed by atoms with van der Waals surface area (Å²) in [4.78, 5) is 27.3. The quantitative estimate of drug-likeness (QED) is 0.537. The van der Waals surface area contributed by atoms with Crippen LogP contribution in [-0.2, 0) is 16.0 Å². The van der Waals surface area contributed by atoms with Crippen molar-refractivity contribution >= 4 is 16.9 Å². The highest BCUT2D eigenvalue weighted by atomic mass is 16.5. The van der Waals surface area contributed by atoms with Crippen LogP contribution in [0.25, 0.3) is 22.3 Å². The summed E-state index contributed by atoms with van der Waals surface area (Å²) in [6.07, 6.45) is 0.0671. The summed E-state index contributed by atoms with van der Waals surface area (Å²) in [6.45, 7) is 8.96. The molecule has 152 valence electrons. The lowest BCUT2D eigenvalue weighted by atomic mass is 10.0. The highest BCUT2D eigenvalue weighted by Gasteiger charge is 2.15. The van der Waals surface area contributed by atoms with Gasteiger partial charge in [-0.05, 0) is 31.6 Å². The molecule has 2 aromatic carbocycles. The summed E-state index contributed by atoms with van der Waals surface area (Å²) in [5.41, 5.74) is 2.72. The van der Waals surface area contributed by atoms with Crippen LogP contribution in [0.5, 0.6) is 0 Å². The van der Waals surface area contributed by atoms with E-state index < -0.39 is 0 Å². The molecule has 5 nitrogen and oxygen atoms in total. The van der Waals surface area contributed by atoms with Crippen LogP contribution in [0, 0.1) is 6.92 Å². The zero-order valence-corrected chi connectivity index (χ0v) is 17.2. The molecule has 0 spiro atoms. The average molecular weight is 393 g/mol. The van der Waals surface area contributed by atoms with Crippen molar-refractivity contribution in [2.45, 2.75) is 27.2 Å². The number of esters is 1. The molecule has 0 atom stereocenters. The first-order chi connectivity index (χ1) is 14.0. The first-order valence-corrected chi connectivity index (χ1v) is 10.0. The number of carbonyl (C=O) groups excluding carboxylic acids is 1. The van der Waals surface area contributed by atoms with Gasteiger partial charge in [0.05, 0.1) is 11.8 Å². The minimum Gasteiger partial charge on any atom is -0.464 e. The second kappa shape index (κ2) is 9.52. The molecule has 29 heavy (non-hydrogen) atoms. The molecular weight excluding hydrogens is 366 g/mol. The van der Waals surface area contributed by atoms with E-state index in [0.29, 0.717) is 35.4 Å². The molecule has 0 saturated heterocycles. The van der Waals surface area contributed by atoms with Crippen LogP contribution in [0.15, 0.2) is 57.7 Å². The molecule has 0 aliphatic heterocycles. The monoisotopic (exact) mass is 393 g/mol. The highest BCUT2D eigenvalue weighted by Crippen LogP contribution is 2.26. The highest BCUT2D eigenvalue weighted by molar-refractivity contribution is 5.86. The fourth-order valence-electron chi connectivity index (χ4n) is 3.40. The number of hydrogen-bond acceptors (Lipinski definition) is 5. The number of rotatable bonds is 8. The van der Waals surface area contributed by atoms with Gasteiger partial charge in [-0.15, -0.1) is 0 Å². The molecule has 5 heteroatoms. The van der Waals surface area contributed by atoms with Gasteiger partial charge in [-0.1, -0.05) is 50.2 Å². The molecule has 0 saturated carbocycles. The molecule has 0 unspecified atom stereocenters. The predicted octanol–water partition coefficient (Wildman–Crippen LogP) is 4.20. The summed E-state index contributed by atoms with van der Waals surface area (Å²) in [5.74, 6) is 0.167. The third-order valence-corrected chi connectivity index (χ3v) is 5.01. The number of hydrogen-bond donors (Lipinski definition) is 0. The van der Waals surface area contributed by atoms with Gasteiger partial charge in [-0.25, -0.2) is 0 Å². The minimum atomic E-state index is -0.322. The van der Waals surface area contributed by atoms with Crippen LogP contribution in [0.3, 0.4) is 0 Å². The Morgan fingerprint density at radius 3 is 2.48 bits per heavy atom. The van der Waals surface area contributed by atoms with Crippen molar-refractivity contribution in [3.63, 3.8) is 0 Å². The number of fused-ring (bicyclic) bond motifs is 1. The van der Waals surface area contributed by atoms with Gasteiger partial charge in [0.2, 0.25) is 0 Å². The minimum absolute atomic E-state index is 0.0671.